The van der Waals surface area contributed by atoms with Gasteiger partial charge in [0.25, 0.3) is 0 Å². The number of rotatable bonds is 1. The van der Waals surface area contributed by atoms with Crippen molar-refractivity contribution in [1.29, 1.82) is 0 Å². The number of halogens is 1. The SMILES string of the molecule is CC1=C(c2cc(C)[n+](C)o2)C(C)(C)CCC1.[I-]. The minimum absolute atomic E-state index is 0. The van der Waals surface area contributed by atoms with Crippen LogP contribution in [0.4, 0.5) is 0 Å². The monoisotopic (exact) mass is 347 g/mol. The van der Waals surface area contributed by atoms with Gasteiger partial charge in [0.05, 0.1) is 6.07 Å². The number of allylic oxidation sites excluding steroid dienone is 2. The third-order valence-corrected chi connectivity index (χ3v) is 3.78. The van der Waals surface area contributed by atoms with Crippen molar-refractivity contribution >= 4 is 5.57 Å². The van der Waals surface area contributed by atoms with E-state index < -0.39 is 0 Å². The third kappa shape index (κ3) is 2.75. The quantitative estimate of drug-likeness (QED) is 0.531. The van der Waals surface area contributed by atoms with Crippen LogP contribution in [0, 0.1) is 12.3 Å². The van der Waals surface area contributed by atoms with Gasteiger partial charge >= 0.3 is 0 Å². The second-order valence-corrected chi connectivity index (χ2v) is 5.63. The molecule has 1 aliphatic carbocycles. The van der Waals surface area contributed by atoms with Crippen LogP contribution in [0.25, 0.3) is 5.57 Å². The van der Waals surface area contributed by atoms with E-state index in [1.807, 2.05) is 11.8 Å². The Hall–Kier alpha value is -0.320. The maximum absolute atomic E-state index is 5.82. The number of hydrogen-bond acceptors (Lipinski definition) is 1. The molecule has 0 saturated carbocycles. The first-order valence-electron chi connectivity index (χ1n) is 6.09. The lowest BCUT2D eigenvalue weighted by atomic mass is 9.72. The molecule has 2 rings (SSSR count). The Morgan fingerprint density at radius 1 is 1.29 bits per heavy atom. The summed E-state index contributed by atoms with van der Waals surface area (Å²) < 4.78 is 7.67. The molecule has 1 aromatic heterocycles. The second-order valence-electron chi connectivity index (χ2n) is 5.63. The van der Waals surface area contributed by atoms with Crippen LogP contribution in [0.2, 0.25) is 0 Å². The molecule has 0 radical (unpaired) electrons. The molecule has 0 spiro atoms. The molecule has 0 N–H and O–H groups in total. The van der Waals surface area contributed by atoms with Gasteiger partial charge in [0, 0.05) is 12.5 Å². The fraction of sp³-hybridized carbons (Fsp3) is 0.643. The summed E-state index contributed by atoms with van der Waals surface area (Å²) in [5.41, 5.74) is 4.34. The van der Waals surface area contributed by atoms with Crippen molar-refractivity contribution in [2.45, 2.75) is 47.0 Å². The number of aromatic nitrogens is 1. The Balaban J connectivity index is 0.00000144. The Morgan fingerprint density at radius 3 is 2.41 bits per heavy atom. The highest BCUT2D eigenvalue weighted by molar-refractivity contribution is 5.69. The average Bonchev–Trinajstić information content (AvgIpc) is 2.44. The van der Waals surface area contributed by atoms with Crippen molar-refractivity contribution in [1.82, 2.24) is 0 Å². The van der Waals surface area contributed by atoms with Crippen LogP contribution in [0.1, 0.15) is 51.5 Å². The van der Waals surface area contributed by atoms with Gasteiger partial charge in [-0.05, 0) is 36.3 Å². The fourth-order valence-corrected chi connectivity index (χ4v) is 2.81. The van der Waals surface area contributed by atoms with Crippen LogP contribution >= 0.6 is 0 Å². The van der Waals surface area contributed by atoms with Gasteiger partial charge in [-0.15, -0.1) is 0 Å². The van der Waals surface area contributed by atoms with E-state index in [-0.39, 0.29) is 29.4 Å². The highest BCUT2D eigenvalue weighted by atomic mass is 127. The smallest absolute Gasteiger partial charge is 0.228 e. The second kappa shape index (κ2) is 5.12. The summed E-state index contributed by atoms with van der Waals surface area (Å²) in [4.78, 5) is 0. The number of hydrogen-bond donors (Lipinski definition) is 0. The molecular weight excluding hydrogens is 325 g/mol. The Morgan fingerprint density at radius 2 is 1.94 bits per heavy atom. The topological polar surface area (TPSA) is 17.0 Å². The highest BCUT2D eigenvalue weighted by Gasteiger charge is 2.33. The zero-order valence-corrected chi connectivity index (χ0v) is 13.6. The van der Waals surface area contributed by atoms with Gasteiger partial charge in [-0.2, -0.15) is 0 Å². The first kappa shape index (κ1) is 14.7. The molecule has 1 heterocycles. The van der Waals surface area contributed by atoms with Crippen LogP contribution in [0.5, 0.6) is 0 Å². The molecule has 0 saturated heterocycles. The van der Waals surface area contributed by atoms with E-state index in [9.17, 15) is 0 Å². The largest absolute Gasteiger partial charge is 1.00 e. The number of nitrogens with zero attached hydrogens (tertiary/aromatic N) is 1. The van der Waals surface area contributed by atoms with Gasteiger partial charge in [0.2, 0.25) is 11.5 Å². The van der Waals surface area contributed by atoms with E-state index in [0.29, 0.717) is 0 Å². The third-order valence-electron chi connectivity index (χ3n) is 3.78. The fourth-order valence-electron chi connectivity index (χ4n) is 2.81. The minimum Gasteiger partial charge on any atom is -1.00 e. The van der Waals surface area contributed by atoms with Gasteiger partial charge in [-0.25, -0.2) is 4.52 Å². The van der Waals surface area contributed by atoms with E-state index in [1.165, 1.54) is 36.1 Å². The van der Waals surface area contributed by atoms with Crippen molar-refractivity contribution in [2.24, 2.45) is 12.5 Å². The van der Waals surface area contributed by atoms with Crippen molar-refractivity contribution in [3.05, 3.63) is 23.1 Å². The van der Waals surface area contributed by atoms with Crippen LogP contribution in [0.3, 0.4) is 0 Å². The van der Waals surface area contributed by atoms with Gasteiger partial charge in [-0.3, -0.25) is 0 Å². The van der Waals surface area contributed by atoms with E-state index >= 15 is 0 Å². The zero-order valence-electron chi connectivity index (χ0n) is 11.4. The lowest BCUT2D eigenvalue weighted by Gasteiger charge is -2.32. The maximum atomic E-state index is 5.82. The van der Waals surface area contributed by atoms with Crippen molar-refractivity contribution in [3.63, 3.8) is 0 Å². The molecule has 0 amide bonds. The molecule has 0 atom stereocenters. The predicted octanol–water partition coefficient (Wildman–Crippen LogP) is 0.400. The first-order valence-corrected chi connectivity index (χ1v) is 6.09. The summed E-state index contributed by atoms with van der Waals surface area (Å²) >= 11 is 0. The first-order chi connectivity index (χ1) is 7.42. The van der Waals surface area contributed by atoms with Gasteiger partial charge in [0.15, 0.2) is 7.05 Å². The normalized spacial score (nSPS) is 19.1. The molecule has 1 aliphatic rings. The molecule has 96 valence electrons. The van der Waals surface area contributed by atoms with Crippen LogP contribution in [-0.2, 0) is 7.05 Å². The summed E-state index contributed by atoms with van der Waals surface area (Å²) in [6.45, 7) is 8.97. The number of aryl methyl sites for hydroxylation is 2. The summed E-state index contributed by atoms with van der Waals surface area (Å²) in [6, 6.07) is 2.16. The van der Waals surface area contributed by atoms with Crippen LogP contribution in [-0.4, -0.2) is 0 Å². The summed E-state index contributed by atoms with van der Waals surface area (Å²) in [7, 11) is 1.96. The summed E-state index contributed by atoms with van der Waals surface area (Å²) in [6.07, 6.45) is 3.76. The van der Waals surface area contributed by atoms with E-state index in [0.717, 1.165) is 5.76 Å². The van der Waals surface area contributed by atoms with E-state index in [1.54, 1.807) is 0 Å². The molecule has 1 aromatic rings. The molecule has 2 nitrogen and oxygen atoms in total. The molecular formula is C14H22INO. The Bertz CT molecular complexity index is 424. The molecule has 0 aromatic carbocycles. The highest BCUT2D eigenvalue weighted by Crippen LogP contribution is 2.45. The van der Waals surface area contributed by atoms with Crippen LogP contribution < -0.4 is 28.7 Å². The molecule has 0 unspecified atom stereocenters. The summed E-state index contributed by atoms with van der Waals surface area (Å²) in [5.74, 6) is 1.06. The lowest BCUT2D eigenvalue weighted by molar-refractivity contribution is -0.849. The maximum Gasteiger partial charge on any atom is 0.228 e. The van der Waals surface area contributed by atoms with E-state index in [4.69, 9.17) is 4.52 Å². The molecule has 17 heavy (non-hydrogen) atoms. The molecule has 0 bridgehead atoms. The molecule has 0 fully saturated rings. The minimum atomic E-state index is 0. The molecule has 3 heteroatoms. The average molecular weight is 347 g/mol. The van der Waals surface area contributed by atoms with Crippen LogP contribution in [0.15, 0.2) is 16.2 Å². The molecule has 0 aliphatic heterocycles. The standard InChI is InChI=1S/C14H22NO.HI/c1-10-7-6-8-14(3,4)13(10)12-9-11(2)15(5)16-12;/h9H,6-8H2,1-5H3;1H/q+1;/p-1. The van der Waals surface area contributed by atoms with Gasteiger partial charge in [-0.1, -0.05) is 19.4 Å². The Kier molecular flexibility index (Phi) is 4.44. The Labute approximate surface area is 121 Å². The van der Waals surface area contributed by atoms with Crippen molar-refractivity contribution < 1.29 is 33.2 Å². The van der Waals surface area contributed by atoms with E-state index in [2.05, 4.69) is 33.8 Å². The van der Waals surface area contributed by atoms with Crippen molar-refractivity contribution in [2.75, 3.05) is 0 Å². The summed E-state index contributed by atoms with van der Waals surface area (Å²) in [5, 5.41) is 0. The van der Waals surface area contributed by atoms with Gasteiger partial charge in [0.1, 0.15) is 0 Å². The van der Waals surface area contributed by atoms with Crippen molar-refractivity contribution in [3.8, 4) is 0 Å². The predicted molar refractivity (Wildman–Crippen MR) is 64.8 cm³/mol. The lowest BCUT2D eigenvalue weighted by Crippen LogP contribution is -3.00. The zero-order chi connectivity index (χ0) is 11.9. The van der Waals surface area contributed by atoms with Gasteiger partial charge < -0.3 is 24.0 Å².